The first-order chi connectivity index (χ1) is 12.5. The molecule has 0 heterocycles. The third kappa shape index (κ3) is 8.50. The van der Waals surface area contributed by atoms with Crippen molar-refractivity contribution in [2.45, 2.75) is 72.6 Å². The van der Waals surface area contributed by atoms with Crippen molar-refractivity contribution in [1.29, 1.82) is 0 Å². The fourth-order valence-corrected chi connectivity index (χ4v) is 2.61. The van der Waals surface area contributed by atoms with Gasteiger partial charge >= 0.3 is 17.9 Å². The van der Waals surface area contributed by atoms with E-state index in [2.05, 4.69) is 6.92 Å². The third-order valence-electron chi connectivity index (χ3n) is 3.99. The summed E-state index contributed by atoms with van der Waals surface area (Å²) in [5, 5.41) is 0. The molecule has 0 aromatic carbocycles. The first kappa shape index (κ1) is 24.1. The summed E-state index contributed by atoms with van der Waals surface area (Å²) in [7, 11) is 0. The molecular weight excluding hydrogens is 336 g/mol. The number of esters is 3. The lowest BCUT2D eigenvalue weighted by Gasteiger charge is -2.26. The molecule has 0 rings (SSSR count). The molecule has 0 N–H and O–H groups in total. The van der Waals surface area contributed by atoms with Gasteiger partial charge in [0.05, 0.1) is 19.8 Å². The molecule has 6 nitrogen and oxygen atoms in total. The zero-order valence-electron chi connectivity index (χ0n) is 16.7. The van der Waals surface area contributed by atoms with Crippen LogP contribution >= 0.6 is 0 Å². The van der Waals surface area contributed by atoms with Gasteiger partial charge in [0.2, 0.25) is 0 Å². The molecule has 0 radical (unpaired) electrons. The summed E-state index contributed by atoms with van der Waals surface area (Å²) >= 11 is 0. The Morgan fingerprint density at radius 1 is 0.731 bits per heavy atom. The molecule has 0 aliphatic rings. The number of hydrogen-bond acceptors (Lipinski definition) is 6. The van der Waals surface area contributed by atoms with Crippen LogP contribution in [0.25, 0.3) is 0 Å². The summed E-state index contributed by atoms with van der Waals surface area (Å²) < 4.78 is 15.1. The fourth-order valence-electron chi connectivity index (χ4n) is 2.61. The lowest BCUT2D eigenvalue weighted by Crippen LogP contribution is -2.41. The van der Waals surface area contributed by atoms with Gasteiger partial charge in [0.1, 0.15) is 0 Å². The van der Waals surface area contributed by atoms with Gasteiger partial charge in [-0.2, -0.15) is 0 Å². The minimum atomic E-state index is -1.61. The second-order valence-electron chi connectivity index (χ2n) is 6.02. The molecule has 0 aromatic rings. The molecule has 0 bridgehead atoms. The van der Waals surface area contributed by atoms with E-state index < -0.39 is 23.3 Å². The second-order valence-corrected chi connectivity index (χ2v) is 6.02. The van der Waals surface area contributed by atoms with Gasteiger partial charge in [0.15, 0.2) is 5.41 Å². The maximum Gasteiger partial charge on any atom is 0.330 e. The first-order valence-electron chi connectivity index (χ1n) is 9.68. The minimum Gasteiger partial charge on any atom is -0.465 e. The van der Waals surface area contributed by atoms with Crippen molar-refractivity contribution in [3.8, 4) is 0 Å². The Labute approximate surface area is 157 Å². The molecule has 0 amide bonds. The molecular formula is C20H34O6. The van der Waals surface area contributed by atoms with Crippen LogP contribution in [0.4, 0.5) is 0 Å². The summed E-state index contributed by atoms with van der Waals surface area (Å²) in [5.41, 5.74) is -1.61. The van der Waals surface area contributed by atoms with Crippen LogP contribution in [0.2, 0.25) is 0 Å². The SMILES string of the molecule is CCCCCCCCC(/C=C/C(=O)OCC)(C(=O)OCC)C(=O)OCC. The first-order valence-corrected chi connectivity index (χ1v) is 9.68. The van der Waals surface area contributed by atoms with Crippen LogP contribution in [0, 0.1) is 5.41 Å². The van der Waals surface area contributed by atoms with Crippen molar-refractivity contribution in [3.05, 3.63) is 12.2 Å². The summed E-state index contributed by atoms with van der Waals surface area (Å²) in [6.45, 7) is 7.68. The Bertz CT molecular complexity index is 437. The van der Waals surface area contributed by atoms with Crippen LogP contribution in [0.5, 0.6) is 0 Å². The Morgan fingerprint density at radius 3 is 1.73 bits per heavy atom. The number of unbranched alkanes of at least 4 members (excludes halogenated alkanes) is 5. The lowest BCUT2D eigenvalue weighted by molar-refractivity contribution is -0.168. The van der Waals surface area contributed by atoms with Gasteiger partial charge in [0, 0.05) is 6.08 Å². The number of carbonyl (C=O) groups is 3. The highest BCUT2D eigenvalue weighted by atomic mass is 16.6. The summed E-state index contributed by atoms with van der Waals surface area (Å²) in [6, 6.07) is 0. The molecule has 0 fully saturated rings. The van der Waals surface area contributed by atoms with Crippen LogP contribution in [0.3, 0.4) is 0 Å². The Balaban J connectivity index is 5.34. The van der Waals surface area contributed by atoms with Gasteiger partial charge in [-0.15, -0.1) is 0 Å². The van der Waals surface area contributed by atoms with E-state index in [4.69, 9.17) is 14.2 Å². The summed E-state index contributed by atoms with van der Waals surface area (Å²) in [5.74, 6) is -1.98. The Hall–Kier alpha value is -1.85. The number of rotatable bonds is 14. The average Bonchev–Trinajstić information content (AvgIpc) is 2.61. The van der Waals surface area contributed by atoms with E-state index in [1.165, 1.54) is 12.5 Å². The molecule has 0 saturated heterocycles. The normalized spacial score (nSPS) is 11.4. The lowest BCUT2D eigenvalue weighted by atomic mass is 9.81. The highest BCUT2D eigenvalue weighted by Crippen LogP contribution is 2.31. The van der Waals surface area contributed by atoms with E-state index in [1.54, 1.807) is 20.8 Å². The highest BCUT2D eigenvalue weighted by Gasteiger charge is 2.46. The van der Waals surface area contributed by atoms with Gasteiger partial charge in [0.25, 0.3) is 0 Å². The molecule has 0 aliphatic carbocycles. The smallest absolute Gasteiger partial charge is 0.330 e. The van der Waals surface area contributed by atoms with Crippen molar-refractivity contribution >= 4 is 17.9 Å². The molecule has 0 aromatic heterocycles. The monoisotopic (exact) mass is 370 g/mol. The minimum absolute atomic E-state index is 0.143. The third-order valence-corrected chi connectivity index (χ3v) is 3.99. The molecule has 0 aliphatic heterocycles. The molecule has 26 heavy (non-hydrogen) atoms. The van der Waals surface area contributed by atoms with Crippen LogP contribution in [0.15, 0.2) is 12.2 Å². The van der Waals surface area contributed by atoms with Crippen molar-refractivity contribution in [3.63, 3.8) is 0 Å². The summed E-state index contributed by atoms with van der Waals surface area (Å²) in [4.78, 5) is 36.9. The van der Waals surface area contributed by atoms with E-state index in [-0.39, 0.29) is 26.2 Å². The van der Waals surface area contributed by atoms with E-state index >= 15 is 0 Å². The second kappa shape index (κ2) is 14.3. The molecule has 0 atom stereocenters. The number of ether oxygens (including phenoxy) is 3. The molecule has 0 unspecified atom stereocenters. The van der Waals surface area contributed by atoms with Crippen LogP contribution in [0.1, 0.15) is 72.6 Å². The van der Waals surface area contributed by atoms with Crippen LogP contribution in [-0.4, -0.2) is 37.7 Å². The van der Waals surface area contributed by atoms with Gasteiger partial charge in [-0.3, -0.25) is 9.59 Å². The quantitative estimate of drug-likeness (QED) is 0.151. The molecule has 6 heteroatoms. The molecule has 150 valence electrons. The van der Waals surface area contributed by atoms with Crippen molar-refractivity contribution in [2.75, 3.05) is 19.8 Å². The average molecular weight is 370 g/mol. The van der Waals surface area contributed by atoms with Crippen molar-refractivity contribution < 1.29 is 28.6 Å². The standard InChI is InChI=1S/C20H34O6/c1-5-9-10-11-12-13-15-20(18(22)25-7-3,19(23)26-8-4)16-14-17(21)24-6-2/h14,16H,5-13,15H2,1-4H3/b16-14+. The van der Waals surface area contributed by atoms with Crippen molar-refractivity contribution in [2.24, 2.45) is 5.41 Å². The predicted octanol–water partition coefficient (Wildman–Crippen LogP) is 3.97. The predicted molar refractivity (Wildman–Crippen MR) is 99.5 cm³/mol. The molecule has 0 spiro atoms. The topological polar surface area (TPSA) is 78.9 Å². The Morgan fingerprint density at radius 2 is 1.23 bits per heavy atom. The maximum atomic E-state index is 12.6. The van der Waals surface area contributed by atoms with E-state index in [0.717, 1.165) is 31.8 Å². The zero-order chi connectivity index (χ0) is 19.8. The van der Waals surface area contributed by atoms with E-state index in [1.807, 2.05) is 0 Å². The fraction of sp³-hybridized carbons (Fsp3) is 0.750. The number of carbonyl (C=O) groups excluding carboxylic acids is 3. The summed E-state index contributed by atoms with van der Waals surface area (Å²) in [6.07, 6.45) is 8.69. The highest BCUT2D eigenvalue weighted by molar-refractivity contribution is 6.03. The molecule has 0 saturated carbocycles. The van der Waals surface area contributed by atoms with Crippen LogP contribution < -0.4 is 0 Å². The number of hydrogen-bond donors (Lipinski definition) is 0. The maximum absolute atomic E-state index is 12.6. The zero-order valence-corrected chi connectivity index (χ0v) is 16.7. The largest absolute Gasteiger partial charge is 0.465 e. The van der Waals surface area contributed by atoms with Crippen molar-refractivity contribution in [1.82, 2.24) is 0 Å². The van der Waals surface area contributed by atoms with Gasteiger partial charge < -0.3 is 14.2 Å². The van der Waals surface area contributed by atoms with Gasteiger partial charge in [-0.25, -0.2) is 4.79 Å². The van der Waals surface area contributed by atoms with E-state index in [0.29, 0.717) is 6.42 Å². The van der Waals surface area contributed by atoms with Gasteiger partial charge in [-0.1, -0.05) is 45.4 Å². The van der Waals surface area contributed by atoms with Gasteiger partial charge in [-0.05, 0) is 33.3 Å². The van der Waals surface area contributed by atoms with E-state index in [9.17, 15) is 14.4 Å². The Kier molecular flexibility index (Phi) is 13.3. The van der Waals surface area contributed by atoms with Crippen LogP contribution in [-0.2, 0) is 28.6 Å².